The topological polar surface area (TPSA) is 111 Å². The third-order valence-electron chi connectivity index (χ3n) is 2.79. The molecule has 0 aromatic carbocycles. The fourth-order valence-corrected chi connectivity index (χ4v) is 1.88. The van der Waals surface area contributed by atoms with Gasteiger partial charge < -0.3 is 25.1 Å². The van der Waals surface area contributed by atoms with E-state index in [2.05, 4.69) is 10.3 Å². The predicted molar refractivity (Wildman–Crippen MR) is 65.7 cm³/mol. The van der Waals surface area contributed by atoms with Crippen molar-refractivity contribution < 1.29 is 18.7 Å². The molecule has 0 saturated carbocycles. The molecule has 1 atom stereocenters. The molecule has 1 unspecified atom stereocenters. The highest BCUT2D eigenvalue weighted by Crippen LogP contribution is 2.18. The summed E-state index contributed by atoms with van der Waals surface area (Å²) < 4.78 is 10.0. The molecule has 1 aliphatic heterocycles. The summed E-state index contributed by atoms with van der Waals surface area (Å²) in [6.45, 7) is 3.60. The highest BCUT2D eigenvalue weighted by molar-refractivity contribution is 5.87. The van der Waals surface area contributed by atoms with Crippen molar-refractivity contribution in [3.8, 4) is 0 Å². The molecule has 0 bridgehead atoms. The number of ether oxygens (including phenoxy) is 1. The molecule has 1 aliphatic rings. The van der Waals surface area contributed by atoms with Gasteiger partial charge in [-0.25, -0.2) is 4.79 Å². The van der Waals surface area contributed by atoms with Crippen LogP contribution in [0.15, 0.2) is 10.7 Å². The number of anilines is 1. The first kappa shape index (κ1) is 13.3. The quantitative estimate of drug-likeness (QED) is 0.682. The number of nitrogens with zero attached hydrogens (tertiary/aromatic N) is 2. The Kier molecular flexibility index (Phi) is 4.00. The van der Waals surface area contributed by atoms with Gasteiger partial charge >= 0.3 is 5.97 Å². The Labute approximate surface area is 109 Å². The van der Waals surface area contributed by atoms with E-state index < -0.39 is 17.9 Å². The van der Waals surface area contributed by atoms with Crippen molar-refractivity contribution in [1.82, 2.24) is 10.3 Å². The number of hydrogen-bond acceptors (Lipinski definition) is 7. The van der Waals surface area contributed by atoms with E-state index in [0.717, 1.165) is 0 Å². The molecule has 0 aliphatic carbocycles. The molecular formula is C11H16N4O4. The van der Waals surface area contributed by atoms with E-state index in [1.165, 1.54) is 6.26 Å². The number of aromatic nitrogens is 1. The number of hydrogen-bond donors (Lipinski definition) is 2. The van der Waals surface area contributed by atoms with Crippen LogP contribution in [-0.4, -0.2) is 49.1 Å². The summed E-state index contributed by atoms with van der Waals surface area (Å²) in [6.07, 6.45) is 1.22. The molecule has 0 radical (unpaired) electrons. The van der Waals surface area contributed by atoms with Crippen LogP contribution >= 0.6 is 0 Å². The van der Waals surface area contributed by atoms with Crippen LogP contribution in [0.5, 0.6) is 0 Å². The molecule has 2 heterocycles. The largest absolute Gasteiger partial charge is 0.461 e. The minimum atomic E-state index is -0.553. The van der Waals surface area contributed by atoms with Crippen molar-refractivity contribution >= 4 is 17.9 Å². The summed E-state index contributed by atoms with van der Waals surface area (Å²) in [6, 6.07) is -0.337. The third kappa shape index (κ3) is 2.84. The molecule has 1 aromatic heterocycles. The summed E-state index contributed by atoms with van der Waals surface area (Å²) in [4.78, 5) is 28.5. The maximum absolute atomic E-state index is 11.5. The fourth-order valence-electron chi connectivity index (χ4n) is 1.88. The van der Waals surface area contributed by atoms with Crippen molar-refractivity contribution in [2.75, 3.05) is 31.1 Å². The Morgan fingerprint density at radius 3 is 3.16 bits per heavy atom. The van der Waals surface area contributed by atoms with Crippen LogP contribution in [0.2, 0.25) is 0 Å². The lowest BCUT2D eigenvalue weighted by molar-refractivity contribution is -0.119. The molecule has 104 valence electrons. The third-order valence-corrected chi connectivity index (χ3v) is 2.79. The van der Waals surface area contributed by atoms with Crippen LogP contribution in [0, 0.1) is 0 Å². The second kappa shape index (κ2) is 5.70. The van der Waals surface area contributed by atoms with Gasteiger partial charge in [0.2, 0.25) is 5.91 Å². The lowest BCUT2D eigenvalue weighted by Crippen LogP contribution is -2.57. The molecule has 19 heavy (non-hydrogen) atoms. The van der Waals surface area contributed by atoms with E-state index in [-0.39, 0.29) is 18.3 Å². The maximum atomic E-state index is 11.5. The molecule has 8 heteroatoms. The number of carbonyl (C=O) groups excluding carboxylic acids is 2. The number of amides is 1. The van der Waals surface area contributed by atoms with Gasteiger partial charge in [0.1, 0.15) is 12.3 Å². The van der Waals surface area contributed by atoms with Gasteiger partial charge in [-0.2, -0.15) is 4.98 Å². The fraction of sp³-hybridized carbons (Fsp3) is 0.545. The standard InChI is InChI=1S/C11H16N4O4/c1-2-18-10(17)7-6-19-11(14-7)15-4-3-13-5-8(15)9(12)16/h6,8,13H,2-5H2,1H3,(H2,12,16). The van der Waals surface area contributed by atoms with E-state index in [1.54, 1.807) is 11.8 Å². The SMILES string of the molecule is CCOC(=O)c1coc(N2CCNCC2C(N)=O)n1. The number of nitrogens with one attached hydrogen (secondary N) is 1. The van der Waals surface area contributed by atoms with Gasteiger partial charge in [0, 0.05) is 19.6 Å². The Bertz CT molecular complexity index is 473. The molecule has 8 nitrogen and oxygen atoms in total. The Hall–Kier alpha value is -2.09. The van der Waals surface area contributed by atoms with Crippen LogP contribution in [0.1, 0.15) is 17.4 Å². The first-order valence-electron chi connectivity index (χ1n) is 6.02. The van der Waals surface area contributed by atoms with E-state index in [4.69, 9.17) is 14.9 Å². The molecule has 3 N–H and O–H groups in total. The maximum Gasteiger partial charge on any atom is 0.360 e. The molecule has 0 spiro atoms. The first-order valence-corrected chi connectivity index (χ1v) is 6.02. The average Bonchev–Trinajstić information content (AvgIpc) is 2.88. The highest BCUT2D eigenvalue weighted by atomic mass is 16.5. The zero-order chi connectivity index (χ0) is 13.8. The second-order valence-electron chi connectivity index (χ2n) is 4.05. The number of rotatable bonds is 4. The minimum Gasteiger partial charge on any atom is -0.461 e. The van der Waals surface area contributed by atoms with Crippen molar-refractivity contribution in [1.29, 1.82) is 0 Å². The van der Waals surface area contributed by atoms with Gasteiger partial charge in [0.05, 0.1) is 6.61 Å². The first-order chi connectivity index (χ1) is 9.13. The van der Waals surface area contributed by atoms with Gasteiger partial charge in [0.15, 0.2) is 5.69 Å². The van der Waals surface area contributed by atoms with Crippen molar-refractivity contribution in [2.45, 2.75) is 13.0 Å². The lowest BCUT2D eigenvalue weighted by atomic mass is 10.2. The van der Waals surface area contributed by atoms with Crippen LogP contribution in [-0.2, 0) is 9.53 Å². The monoisotopic (exact) mass is 268 g/mol. The van der Waals surface area contributed by atoms with Crippen LogP contribution in [0.4, 0.5) is 6.01 Å². The zero-order valence-corrected chi connectivity index (χ0v) is 10.6. The molecule has 1 fully saturated rings. The van der Waals surface area contributed by atoms with Gasteiger partial charge in [-0.15, -0.1) is 0 Å². The Balaban J connectivity index is 2.16. The van der Waals surface area contributed by atoms with E-state index in [0.29, 0.717) is 19.6 Å². The highest BCUT2D eigenvalue weighted by Gasteiger charge is 2.30. The predicted octanol–water partition coefficient (Wildman–Crippen LogP) is -0.885. The zero-order valence-electron chi connectivity index (χ0n) is 10.6. The smallest absolute Gasteiger partial charge is 0.360 e. The van der Waals surface area contributed by atoms with Crippen LogP contribution < -0.4 is 16.0 Å². The number of carbonyl (C=O) groups is 2. The van der Waals surface area contributed by atoms with E-state index in [1.807, 2.05) is 0 Å². The second-order valence-corrected chi connectivity index (χ2v) is 4.05. The van der Waals surface area contributed by atoms with Crippen LogP contribution in [0.3, 0.4) is 0 Å². The van der Waals surface area contributed by atoms with Crippen molar-refractivity contribution in [2.24, 2.45) is 5.73 Å². The molecule has 2 rings (SSSR count). The van der Waals surface area contributed by atoms with Crippen molar-refractivity contribution in [3.63, 3.8) is 0 Å². The van der Waals surface area contributed by atoms with E-state index >= 15 is 0 Å². The molecular weight excluding hydrogens is 252 g/mol. The molecule has 1 saturated heterocycles. The van der Waals surface area contributed by atoms with Gasteiger partial charge in [-0.3, -0.25) is 4.79 Å². The van der Waals surface area contributed by atoms with Gasteiger partial charge in [0.25, 0.3) is 6.01 Å². The summed E-state index contributed by atoms with van der Waals surface area (Å²) >= 11 is 0. The summed E-state index contributed by atoms with van der Waals surface area (Å²) in [5, 5.41) is 3.06. The number of primary amides is 1. The van der Waals surface area contributed by atoms with Crippen molar-refractivity contribution in [3.05, 3.63) is 12.0 Å². The summed E-state index contributed by atoms with van der Waals surface area (Å²) in [5.74, 6) is -1.02. The van der Waals surface area contributed by atoms with Gasteiger partial charge in [-0.1, -0.05) is 0 Å². The molecule has 1 aromatic rings. The number of piperazine rings is 1. The number of nitrogens with two attached hydrogens (primary N) is 1. The lowest BCUT2D eigenvalue weighted by Gasteiger charge is -2.32. The summed E-state index contributed by atoms with van der Waals surface area (Å²) in [7, 11) is 0. The minimum absolute atomic E-state index is 0.0820. The van der Waals surface area contributed by atoms with E-state index in [9.17, 15) is 9.59 Å². The number of esters is 1. The Morgan fingerprint density at radius 2 is 2.47 bits per heavy atom. The summed E-state index contributed by atoms with van der Waals surface area (Å²) in [5.41, 5.74) is 5.41. The molecule has 1 amide bonds. The Morgan fingerprint density at radius 1 is 1.68 bits per heavy atom. The average molecular weight is 268 g/mol. The van der Waals surface area contributed by atoms with Crippen LogP contribution in [0.25, 0.3) is 0 Å². The van der Waals surface area contributed by atoms with Gasteiger partial charge in [-0.05, 0) is 6.92 Å². The normalized spacial score (nSPS) is 19.2. The number of oxazole rings is 1.